The molecule has 4 aliphatic rings. The summed E-state index contributed by atoms with van der Waals surface area (Å²) in [7, 11) is 0. The van der Waals surface area contributed by atoms with Crippen molar-refractivity contribution in [3.05, 3.63) is 53.6 Å². The van der Waals surface area contributed by atoms with E-state index in [0.717, 1.165) is 12.8 Å². The van der Waals surface area contributed by atoms with Crippen LogP contribution in [0.25, 0.3) is 0 Å². The van der Waals surface area contributed by atoms with Crippen molar-refractivity contribution in [1.29, 1.82) is 0 Å². The maximum absolute atomic E-state index is 14.7. The van der Waals surface area contributed by atoms with E-state index in [9.17, 15) is 19.2 Å². The average Bonchev–Trinajstić information content (AvgIpc) is 3.61. The number of amides is 3. The summed E-state index contributed by atoms with van der Waals surface area (Å²) in [5.41, 5.74) is -0.844. The minimum absolute atomic E-state index is 0.0984. The van der Waals surface area contributed by atoms with E-state index in [1.165, 1.54) is 0 Å². The lowest BCUT2D eigenvalue weighted by molar-refractivity contribution is -0.158. The predicted octanol–water partition coefficient (Wildman–Crippen LogP) is 2.77. The lowest BCUT2D eigenvalue weighted by atomic mass is 9.74. The SMILES string of the molecule is C[C@H]1CNC(=O)CC/C=C\CN(c2ccccc2Cl)C(=O)[C@H]2N(CCCCCCO)C(=O)[C@@H]3[C@@H](C(=O)O1)[C@H]1C=C[C@]32O1. The molecule has 1 aromatic rings. The number of hydrogen-bond donors (Lipinski definition) is 2. The van der Waals surface area contributed by atoms with Crippen molar-refractivity contribution >= 4 is 41.0 Å². The normalized spacial score (nSPS) is 32.2. The Bertz CT molecular complexity index is 1270. The van der Waals surface area contributed by atoms with Gasteiger partial charge in [0.2, 0.25) is 11.8 Å². The van der Waals surface area contributed by atoms with Crippen molar-refractivity contribution < 1.29 is 33.8 Å². The quantitative estimate of drug-likeness (QED) is 0.280. The Morgan fingerprint density at radius 1 is 1.07 bits per heavy atom. The number of carbonyl (C=O) groups excluding carboxylic acids is 4. The molecule has 0 saturated carbocycles. The molecule has 0 aliphatic carbocycles. The number of hydrogen-bond acceptors (Lipinski definition) is 7. The highest BCUT2D eigenvalue weighted by Crippen LogP contribution is 2.56. The molecule has 0 radical (unpaired) electrons. The average molecular weight is 600 g/mol. The van der Waals surface area contributed by atoms with Gasteiger partial charge in [-0.05, 0) is 38.3 Å². The summed E-state index contributed by atoms with van der Waals surface area (Å²) in [6, 6.07) is 5.99. The zero-order chi connectivity index (χ0) is 29.9. The van der Waals surface area contributed by atoms with Crippen LogP contribution in [0.15, 0.2) is 48.6 Å². The number of carbonyl (C=O) groups is 4. The van der Waals surface area contributed by atoms with Crippen LogP contribution in [0, 0.1) is 11.8 Å². The molecule has 2 fully saturated rings. The van der Waals surface area contributed by atoms with Gasteiger partial charge in [-0.25, -0.2) is 0 Å². The zero-order valence-electron chi connectivity index (χ0n) is 23.7. The van der Waals surface area contributed by atoms with Gasteiger partial charge in [0.05, 0.1) is 29.3 Å². The molecule has 2 N–H and O–H groups in total. The van der Waals surface area contributed by atoms with Gasteiger partial charge < -0.3 is 29.7 Å². The van der Waals surface area contributed by atoms with E-state index in [0.29, 0.717) is 36.5 Å². The fourth-order valence-electron chi connectivity index (χ4n) is 6.51. The number of allylic oxidation sites excluding steroid dienone is 1. The second kappa shape index (κ2) is 13.0. The van der Waals surface area contributed by atoms with E-state index in [-0.39, 0.29) is 43.8 Å². The van der Waals surface area contributed by atoms with Crippen LogP contribution in [0.5, 0.6) is 0 Å². The summed E-state index contributed by atoms with van der Waals surface area (Å²) in [5.74, 6) is -3.29. The standard InChI is InChI=1S/C31H38ClN3O7/c1-20-19-33-24(37)13-5-4-9-16-34(22-12-7-6-11-21(22)32)29(39)27-31-15-14-23(42-31)25(30(40)41-20)26(31)28(38)35(27)17-8-2-3-10-18-36/h4,6-7,9,11-12,14-15,20,23,25-27,36H,2-3,5,8,10,13,16-19H2,1H3,(H,33,37)/b9-4-/t20-,23+,25-,26-,27+,31-/m0/s1. The number of nitrogens with one attached hydrogen (secondary N) is 1. The van der Waals surface area contributed by atoms with Crippen molar-refractivity contribution in [3.8, 4) is 0 Å². The van der Waals surface area contributed by atoms with Crippen molar-refractivity contribution in [3.63, 3.8) is 0 Å². The minimum Gasteiger partial charge on any atom is -0.460 e. The van der Waals surface area contributed by atoms with E-state index in [2.05, 4.69) is 5.32 Å². The summed E-state index contributed by atoms with van der Waals surface area (Å²) >= 11 is 6.58. The molecule has 5 bridgehead atoms. The van der Waals surface area contributed by atoms with Gasteiger partial charge in [-0.1, -0.05) is 60.9 Å². The second-order valence-corrected chi connectivity index (χ2v) is 11.7. The maximum atomic E-state index is 14.7. The molecule has 0 aromatic heterocycles. The van der Waals surface area contributed by atoms with Gasteiger partial charge in [-0.15, -0.1) is 0 Å². The number of benzene rings is 1. The molecular formula is C31H38ClN3O7. The van der Waals surface area contributed by atoms with Crippen LogP contribution in [0.3, 0.4) is 0 Å². The number of nitrogens with zero attached hydrogens (tertiary/aromatic N) is 2. The Morgan fingerprint density at radius 2 is 1.86 bits per heavy atom. The number of aliphatic hydroxyl groups is 1. The Labute approximate surface area is 250 Å². The van der Waals surface area contributed by atoms with Crippen molar-refractivity contribution in [1.82, 2.24) is 10.2 Å². The summed E-state index contributed by atoms with van der Waals surface area (Å²) < 4.78 is 12.1. The highest BCUT2D eigenvalue weighted by atomic mass is 35.5. The minimum atomic E-state index is -1.33. The molecule has 11 heteroatoms. The number of halogens is 1. The van der Waals surface area contributed by atoms with Gasteiger partial charge in [0.25, 0.3) is 5.91 Å². The summed E-state index contributed by atoms with van der Waals surface area (Å²) in [6.45, 7) is 2.40. The number of esters is 1. The molecule has 0 unspecified atom stereocenters. The van der Waals surface area contributed by atoms with Crippen LogP contribution in [-0.2, 0) is 28.7 Å². The van der Waals surface area contributed by atoms with Gasteiger partial charge in [0.1, 0.15) is 23.7 Å². The Morgan fingerprint density at radius 3 is 2.64 bits per heavy atom. The number of ether oxygens (including phenoxy) is 2. The fourth-order valence-corrected chi connectivity index (χ4v) is 6.74. The van der Waals surface area contributed by atoms with E-state index in [1.807, 2.05) is 12.2 Å². The first-order valence-corrected chi connectivity index (χ1v) is 15.1. The van der Waals surface area contributed by atoms with Crippen LogP contribution < -0.4 is 10.2 Å². The molecular weight excluding hydrogens is 562 g/mol. The summed E-state index contributed by atoms with van der Waals surface area (Å²) in [5, 5.41) is 12.3. The van der Waals surface area contributed by atoms with E-state index >= 15 is 0 Å². The number of fused-ring (bicyclic) bond motifs is 2. The first-order chi connectivity index (χ1) is 20.3. The number of likely N-dealkylation sites (tertiary alicyclic amines) is 1. The number of para-hydroxylation sites is 1. The summed E-state index contributed by atoms with van der Waals surface area (Å²) in [4.78, 5) is 57.8. The monoisotopic (exact) mass is 599 g/mol. The highest BCUT2D eigenvalue weighted by molar-refractivity contribution is 6.34. The molecule has 226 valence electrons. The first-order valence-electron chi connectivity index (χ1n) is 14.7. The largest absolute Gasteiger partial charge is 0.460 e. The smallest absolute Gasteiger partial charge is 0.313 e. The zero-order valence-corrected chi connectivity index (χ0v) is 24.5. The molecule has 6 atom stereocenters. The van der Waals surface area contributed by atoms with Gasteiger partial charge in [0.15, 0.2) is 0 Å². The van der Waals surface area contributed by atoms with Gasteiger partial charge in [0, 0.05) is 26.1 Å². The summed E-state index contributed by atoms with van der Waals surface area (Å²) in [6.07, 6.45) is 9.42. The number of cyclic esters (lactones) is 1. The topological polar surface area (TPSA) is 125 Å². The van der Waals surface area contributed by atoms with Gasteiger partial charge in [-0.2, -0.15) is 0 Å². The van der Waals surface area contributed by atoms with Crippen LogP contribution in [0.2, 0.25) is 5.02 Å². The molecule has 2 saturated heterocycles. The van der Waals surface area contributed by atoms with E-state index in [4.69, 9.17) is 26.2 Å². The number of unbranched alkanes of at least 4 members (excludes halogenated alkanes) is 3. The van der Waals surface area contributed by atoms with Crippen molar-refractivity contribution in [2.75, 3.05) is 31.1 Å². The third-order valence-corrected chi connectivity index (χ3v) is 8.81. The Kier molecular flexibility index (Phi) is 9.35. The highest BCUT2D eigenvalue weighted by Gasteiger charge is 2.73. The maximum Gasteiger partial charge on any atom is 0.313 e. The fraction of sp³-hybridized carbons (Fsp3) is 0.548. The predicted molar refractivity (Wildman–Crippen MR) is 156 cm³/mol. The Balaban J connectivity index is 1.55. The molecule has 3 amide bonds. The molecule has 42 heavy (non-hydrogen) atoms. The van der Waals surface area contributed by atoms with E-state index in [1.54, 1.807) is 53.1 Å². The molecule has 1 spiro atoms. The lowest BCUT2D eigenvalue weighted by Gasteiger charge is -2.36. The molecule has 4 heterocycles. The Hall–Kier alpha value is -3.21. The van der Waals surface area contributed by atoms with Crippen LogP contribution >= 0.6 is 11.6 Å². The van der Waals surface area contributed by atoms with Crippen molar-refractivity contribution in [2.45, 2.75) is 69.3 Å². The molecule has 4 aliphatic heterocycles. The van der Waals surface area contributed by atoms with Crippen LogP contribution in [0.4, 0.5) is 5.69 Å². The second-order valence-electron chi connectivity index (χ2n) is 11.3. The number of rotatable bonds is 7. The van der Waals surface area contributed by atoms with Crippen molar-refractivity contribution in [2.24, 2.45) is 11.8 Å². The number of aliphatic hydroxyl groups excluding tert-OH is 1. The molecule has 10 nitrogen and oxygen atoms in total. The number of anilines is 1. The molecule has 1 aromatic carbocycles. The molecule has 5 rings (SSSR count). The first kappa shape index (κ1) is 30.3. The third-order valence-electron chi connectivity index (χ3n) is 8.49. The van der Waals surface area contributed by atoms with E-state index < -0.39 is 41.7 Å². The lowest BCUT2D eigenvalue weighted by Crippen LogP contribution is -2.56. The third kappa shape index (κ3) is 5.72. The van der Waals surface area contributed by atoms with Crippen LogP contribution in [-0.4, -0.2) is 83.8 Å². The van der Waals surface area contributed by atoms with Crippen LogP contribution in [0.1, 0.15) is 45.4 Å². The van der Waals surface area contributed by atoms with Gasteiger partial charge >= 0.3 is 5.97 Å². The van der Waals surface area contributed by atoms with Gasteiger partial charge in [-0.3, -0.25) is 19.2 Å².